The molecule has 1 atom stereocenters. The van der Waals surface area contributed by atoms with Crippen molar-refractivity contribution in [3.8, 4) is 17.4 Å². The number of aromatic nitrogens is 3. The predicted molar refractivity (Wildman–Crippen MR) is 121 cm³/mol. The molecule has 3 heterocycles. The van der Waals surface area contributed by atoms with Crippen LogP contribution in [-0.4, -0.2) is 14.8 Å². The summed E-state index contributed by atoms with van der Waals surface area (Å²) in [5.41, 5.74) is 13.3. The van der Waals surface area contributed by atoms with Crippen LogP contribution in [0.2, 0.25) is 0 Å². The number of halogens is 1. The highest BCUT2D eigenvalue weighted by Crippen LogP contribution is 2.52. The van der Waals surface area contributed by atoms with E-state index in [1.54, 1.807) is 10.7 Å². The fourth-order valence-electron chi connectivity index (χ4n) is 5.07. The summed E-state index contributed by atoms with van der Waals surface area (Å²) in [5, 5.41) is 4.78. The van der Waals surface area contributed by atoms with Crippen LogP contribution in [-0.2, 0) is 12.8 Å². The first kappa shape index (κ1) is 19.0. The number of fused-ring (bicyclic) bond motifs is 3. The second kappa shape index (κ2) is 7.19. The molecule has 32 heavy (non-hydrogen) atoms. The Hall–Kier alpha value is -3.67. The van der Waals surface area contributed by atoms with Gasteiger partial charge in [-0.25, -0.2) is 14.1 Å². The van der Waals surface area contributed by atoms with Crippen molar-refractivity contribution in [2.24, 2.45) is 0 Å². The molecule has 0 bridgehead atoms. The van der Waals surface area contributed by atoms with Crippen molar-refractivity contribution in [3.63, 3.8) is 0 Å². The van der Waals surface area contributed by atoms with Gasteiger partial charge in [-0.15, -0.1) is 0 Å². The molecule has 0 fully saturated rings. The first-order valence-corrected chi connectivity index (χ1v) is 11.0. The second-order valence-electron chi connectivity index (χ2n) is 8.48. The molecule has 2 aliphatic rings. The Morgan fingerprint density at radius 3 is 2.56 bits per heavy atom. The van der Waals surface area contributed by atoms with Crippen molar-refractivity contribution in [2.75, 3.05) is 5.73 Å². The Labute approximate surface area is 185 Å². The van der Waals surface area contributed by atoms with Crippen LogP contribution in [0.4, 0.5) is 10.1 Å². The number of anilines is 1. The highest BCUT2D eigenvalue weighted by Gasteiger charge is 2.39. The Balaban J connectivity index is 1.66. The number of aryl methyl sites for hydroxylation is 2. The van der Waals surface area contributed by atoms with E-state index >= 15 is 4.39 Å². The minimum absolute atomic E-state index is 0.278. The minimum Gasteiger partial charge on any atom is -0.420 e. The third-order valence-corrected chi connectivity index (χ3v) is 6.57. The Kier molecular flexibility index (Phi) is 4.28. The van der Waals surface area contributed by atoms with Crippen molar-refractivity contribution in [1.29, 1.82) is 0 Å². The van der Waals surface area contributed by atoms with Gasteiger partial charge in [-0.05, 0) is 56.4 Å². The molecule has 1 aliphatic carbocycles. The van der Waals surface area contributed by atoms with Gasteiger partial charge >= 0.3 is 0 Å². The average molecular weight is 426 g/mol. The maximum atomic E-state index is 15.2. The maximum absolute atomic E-state index is 15.2. The summed E-state index contributed by atoms with van der Waals surface area (Å²) in [5.74, 6) is 0.311. The van der Waals surface area contributed by atoms with Gasteiger partial charge in [0, 0.05) is 16.9 Å². The Bertz CT molecular complexity index is 1350. The molecule has 2 aromatic carbocycles. The zero-order valence-corrected chi connectivity index (χ0v) is 17.8. The minimum atomic E-state index is -0.438. The molecule has 0 saturated carbocycles. The van der Waals surface area contributed by atoms with Crippen LogP contribution in [0, 0.1) is 12.7 Å². The standard InChI is InChI=1S/C26H23FN4O/c1-15-21-22(17-11-5-7-13-19(17)27)23-24(28)18-12-6-8-14-20(18)29-25(23)32-26(21)31(30-15)16-9-3-2-4-10-16/h2-5,7,9-11,13,22H,6,8,12,14H2,1H3,(H2,28,29). The lowest BCUT2D eigenvalue weighted by atomic mass is 9.81. The van der Waals surface area contributed by atoms with Gasteiger partial charge in [0.2, 0.25) is 11.8 Å². The maximum Gasteiger partial charge on any atom is 0.229 e. The molecule has 0 radical (unpaired) electrons. The van der Waals surface area contributed by atoms with E-state index in [0.717, 1.165) is 59.4 Å². The summed E-state index contributed by atoms with van der Waals surface area (Å²) in [4.78, 5) is 4.90. The van der Waals surface area contributed by atoms with Crippen LogP contribution in [0.5, 0.6) is 11.8 Å². The van der Waals surface area contributed by atoms with E-state index in [-0.39, 0.29) is 5.82 Å². The fraction of sp³-hybridized carbons (Fsp3) is 0.231. The quantitative estimate of drug-likeness (QED) is 0.407. The number of nitrogens with zero attached hydrogens (tertiary/aromatic N) is 3. The van der Waals surface area contributed by atoms with E-state index in [4.69, 9.17) is 20.6 Å². The summed E-state index contributed by atoms with van der Waals surface area (Å²) >= 11 is 0. The number of pyridine rings is 1. The zero-order valence-electron chi connectivity index (χ0n) is 17.8. The van der Waals surface area contributed by atoms with Crippen LogP contribution in [0.1, 0.15) is 52.4 Å². The number of hydrogen-bond acceptors (Lipinski definition) is 4. The van der Waals surface area contributed by atoms with Gasteiger partial charge in [0.25, 0.3) is 0 Å². The summed E-state index contributed by atoms with van der Waals surface area (Å²) < 4.78 is 23.4. The molecule has 5 nitrogen and oxygen atoms in total. The number of para-hydroxylation sites is 1. The molecule has 0 amide bonds. The van der Waals surface area contributed by atoms with Gasteiger partial charge < -0.3 is 10.5 Å². The number of benzene rings is 2. The largest absolute Gasteiger partial charge is 0.420 e. The summed E-state index contributed by atoms with van der Waals surface area (Å²) in [6.07, 6.45) is 3.94. The summed E-state index contributed by atoms with van der Waals surface area (Å²) in [7, 11) is 0. The van der Waals surface area contributed by atoms with Crippen LogP contribution in [0.25, 0.3) is 5.69 Å². The molecular formula is C26H23FN4O. The molecule has 6 rings (SSSR count). The molecule has 0 spiro atoms. The Morgan fingerprint density at radius 2 is 1.75 bits per heavy atom. The lowest BCUT2D eigenvalue weighted by Gasteiger charge is -2.30. The predicted octanol–water partition coefficient (Wildman–Crippen LogP) is 5.46. The van der Waals surface area contributed by atoms with Gasteiger partial charge in [-0.2, -0.15) is 5.10 Å². The van der Waals surface area contributed by atoms with Crippen molar-refractivity contribution in [2.45, 2.75) is 38.5 Å². The van der Waals surface area contributed by atoms with E-state index in [2.05, 4.69) is 0 Å². The van der Waals surface area contributed by atoms with Crippen molar-refractivity contribution in [3.05, 3.63) is 94.1 Å². The van der Waals surface area contributed by atoms with E-state index in [9.17, 15) is 0 Å². The van der Waals surface area contributed by atoms with E-state index in [1.165, 1.54) is 6.07 Å². The molecule has 4 aromatic rings. The first-order chi connectivity index (χ1) is 15.6. The van der Waals surface area contributed by atoms with E-state index in [1.807, 2.05) is 49.4 Å². The second-order valence-corrected chi connectivity index (χ2v) is 8.48. The van der Waals surface area contributed by atoms with Gasteiger partial charge in [0.1, 0.15) is 5.82 Å². The third-order valence-electron chi connectivity index (χ3n) is 6.57. The van der Waals surface area contributed by atoms with Crippen LogP contribution in [0.15, 0.2) is 54.6 Å². The van der Waals surface area contributed by atoms with Gasteiger partial charge in [-0.1, -0.05) is 36.4 Å². The molecule has 1 unspecified atom stereocenters. The molecule has 6 heteroatoms. The summed E-state index contributed by atoms with van der Waals surface area (Å²) in [6.45, 7) is 1.93. The van der Waals surface area contributed by atoms with E-state index < -0.39 is 5.92 Å². The SMILES string of the molecule is Cc1nn(-c2ccccc2)c2c1C(c1ccccc1F)c1c(nc3c(c1N)CCCC3)O2. The third kappa shape index (κ3) is 2.75. The molecule has 1 aliphatic heterocycles. The summed E-state index contributed by atoms with van der Waals surface area (Å²) in [6, 6.07) is 16.7. The lowest BCUT2D eigenvalue weighted by Crippen LogP contribution is -2.20. The van der Waals surface area contributed by atoms with Crippen molar-refractivity contribution < 1.29 is 9.13 Å². The number of ether oxygens (including phenoxy) is 1. The van der Waals surface area contributed by atoms with Gasteiger partial charge in [-0.3, -0.25) is 0 Å². The van der Waals surface area contributed by atoms with Crippen molar-refractivity contribution >= 4 is 5.69 Å². The van der Waals surface area contributed by atoms with Crippen LogP contribution in [0.3, 0.4) is 0 Å². The highest BCUT2D eigenvalue weighted by atomic mass is 19.1. The number of nitrogens with two attached hydrogens (primary N) is 1. The average Bonchev–Trinajstić information content (AvgIpc) is 3.15. The Morgan fingerprint density at radius 1 is 1.00 bits per heavy atom. The molecular weight excluding hydrogens is 403 g/mol. The molecule has 2 aromatic heterocycles. The molecule has 0 saturated heterocycles. The normalized spacial score (nSPS) is 16.6. The van der Waals surface area contributed by atoms with E-state index in [0.29, 0.717) is 23.0 Å². The smallest absolute Gasteiger partial charge is 0.229 e. The number of nitrogen functional groups attached to an aromatic ring is 1. The highest BCUT2D eigenvalue weighted by molar-refractivity contribution is 5.69. The zero-order chi connectivity index (χ0) is 21.8. The lowest BCUT2D eigenvalue weighted by molar-refractivity contribution is 0.399. The fourth-order valence-corrected chi connectivity index (χ4v) is 5.07. The van der Waals surface area contributed by atoms with Crippen molar-refractivity contribution in [1.82, 2.24) is 14.8 Å². The topological polar surface area (TPSA) is 66.0 Å². The van der Waals surface area contributed by atoms with Crippen LogP contribution >= 0.6 is 0 Å². The number of rotatable bonds is 2. The molecule has 160 valence electrons. The van der Waals surface area contributed by atoms with Gasteiger partial charge in [0.15, 0.2) is 0 Å². The number of hydrogen-bond donors (Lipinski definition) is 1. The molecule has 2 N–H and O–H groups in total. The van der Waals surface area contributed by atoms with Crippen LogP contribution < -0.4 is 10.5 Å². The first-order valence-electron chi connectivity index (χ1n) is 11.0. The monoisotopic (exact) mass is 426 g/mol. The van der Waals surface area contributed by atoms with Gasteiger partial charge in [0.05, 0.1) is 28.4 Å².